The van der Waals surface area contributed by atoms with Crippen LogP contribution in [-0.4, -0.2) is 49.2 Å². The predicted molar refractivity (Wildman–Crippen MR) is 174 cm³/mol. The third-order valence-corrected chi connectivity index (χ3v) is 8.34. The molecule has 12 heteroatoms. The van der Waals surface area contributed by atoms with Gasteiger partial charge < -0.3 is 35.1 Å². The number of allylic oxidation sites excluding steroid dienone is 2. The Morgan fingerprint density at radius 2 is 1.51 bits per heavy atom. The molecule has 0 radical (unpaired) electrons. The molecule has 0 bridgehead atoms. The molecule has 1 heterocycles. The van der Waals surface area contributed by atoms with Gasteiger partial charge in [0.2, 0.25) is 5.78 Å². The fourth-order valence-electron chi connectivity index (χ4n) is 5.01. The smallest absolute Gasteiger partial charge is 0.612 e. The average Bonchev–Trinajstić information content (AvgIpc) is 3.45. The van der Waals surface area contributed by atoms with E-state index >= 15 is 0 Å². The van der Waals surface area contributed by atoms with Crippen LogP contribution < -0.4 is 34.7 Å². The summed E-state index contributed by atoms with van der Waals surface area (Å²) in [4.78, 5) is 34.8. The topological polar surface area (TPSA) is 185 Å². The second-order valence-corrected chi connectivity index (χ2v) is 11.8. The molecule has 47 heavy (non-hydrogen) atoms. The minimum absolute atomic E-state index is 0. The van der Waals surface area contributed by atoms with Crippen molar-refractivity contribution in [3.8, 4) is 0 Å². The van der Waals surface area contributed by atoms with E-state index in [1.807, 2.05) is 44.2 Å². The number of carbonyl (C=O) groups is 3. The summed E-state index contributed by atoms with van der Waals surface area (Å²) in [6, 6.07) is 22.4. The normalized spacial score (nSPS) is 12.9. The van der Waals surface area contributed by atoms with E-state index in [2.05, 4.69) is 0 Å². The molecule has 0 amide bonds. The maximum Gasteiger partial charge on any atom is 1.00 e. The zero-order chi connectivity index (χ0) is 32.1. The van der Waals surface area contributed by atoms with Crippen LogP contribution in [-0.2, 0) is 34.2 Å². The molecule has 4 aromatic rings. The van der Waals surface area contributed by atoms with Crippen LogP contribution in [0.4, 0.5) is 4.39 Å². The summed E-state index contributed by atoms with van der Waals surface area (Å²) in [5.74, 6) is -2.60. The molecular weight excluding hydrogens is 636 g/mol. The molecule has 0 spiro atoms. The summed E-state index contributed by atoms with van der Waals surface area (Å²) >= 11 is -1.04. The molecule has 1 aromatic heterocycles. The van der Waals surface area contributed by atoms with Gasteiger partial charge in [0.05, 0.1) is 12.1 Å². The van der Waals surface area contributed by atoms with Gasteiger partial charge in [0.25, 0.3) is 0 Å². The van der Waals surface area contributed by atoms with E-state index < -0.39 is 23.1 Å². The van der Waals surface area contributed by atoms with E-state index in [4.69, 9.17) is 5.11 Å². The van der Waals surface area contributed by atoms with Crippen molar-refractivity contribution in [1.82, 2.24) is 4.57 Å². The van der Waals surface area contributed by atoms with Gasteiger partial charge in [-0.1, -0.05) is 35.9 Å². The zero-order valence-electron chi connectivity index (χ0n) is 26.7. The van der Waals surface area contributed by atoms with Crippen LogP contribution in [0.5, 0.6) is 0 Å². The molecule has 0 saturated heterocycles. The van der Waals surface area contributed by atoms with Crippen LogP contribution >= 0.6 is 0 Å². The number of aliphatic carboxylic acids is 2. The first-order chi connectivity index (χ1) is 20.8. The summed E-state index contributed by atoms with van der Waals surface area (Å²) < 4.78 is 26.7. The molecule has 0 fully saturated rings. The molecule has 1 aliphatic carbocycles. The van der Waals surface area contributed by atoms with Gasteiger partial charge >= 0.3 is 35.5 Å². The van der Waals surface area contributed by atoms with Crippen molar-refractivity contribution in [3.63, 3.8) is 0 Å². The second-order valence-electron chi connectivity index (χ2n) is 10.5. The first-order valence-electron chi connectivity index (χ1n) is 13.7. The average molecular weight is 672 g/mol. The van der Waals surface area contributed by atoms with Crippen molar-refractivity contribution in [2.24, 2.45) is 7.05 Å². The number of hydrogen-bond donors (Lipinski definition) is 1. The largest absolute Gasteiger partial charge is 1.00 e. The summed E-state index contributed by atoms with van der Waals surface area (Å²) in [5.41, 5.74) is 7.44. The monoisotopic (exact) mass is 671 g/mol. The molecule has 9 nitrogen and oxygen atoms in total. The third-order valence-electron chi connectivity index (χ3n) is 7.40. The number of carbonyl (C=O) groups excluding carboxylic acids is 2. The van der Waals surface area contributed by atoms with Gasteiger partial charge in [-0.2, -0.15) is 0 Å². The van der Waals surface area contributed by atoms with Gasteiger partial charge in [-0.3, -0.25) is 9.59 Å². The number of fused-ring (bicyclic) bond motifs is 1. The Balaban J connectivity index is 0.000000456. The molecule has 1 aliphatic rings. The number of aryl methyl sites for hydroxylation is 1. The Hall–Kier alpha value is -3.81. The predicted octanol–water partition coefficient (Wildman–Crippen LogP) is 0.577. The summed E-state index contributed by atoms with van der Waals surface area (Å²) in [6.07, 6.45) is 3.23. The molecule has 242 valence electrons. The second kappa shape index (κ2) is 17.9. The maximum atomic E-state index is 13.7. The Morgan fingerprint density at radius 1 is 0.894 bits per heavy atom. The SMILES string of the molecule is CC1=C(CC(=O)O)c2cc(F)ccc2/C1=C\c1ccc([S+](C)[O-])cc1.Cc1ccc(C(=O)c2ccc(CC(=O)[O-])n2C)cc1.O.O.[Na+]. The van der Waals surface area contributed by atoms with E-state index in [1.54, 1.807) is 60.3 Å². The van der Waals surface area contributed by atoms with E-state index in [0.29, 0.717) is 28.1 Å². The van der Waals surface area contributed by atoms with Crippen molar-refractivity contribution in [1.29, 1.82) is 0 Å². The fourth-order valence-corrected chi connectivity index (χ4v) is 5.53. The first kappa shape index (κ1) is 41.2. The third kappa shape index (κ3) is 10.1. The number of benzene rings is 3. The number of halogens is 1. The fraction of sp³-hybridized carbons (Fsp3) is 0.171. The Labute approximate surface area is 297 Å². The number of carboxylic acids is 2. The summed E-state index contributed by atoms with van der Waals surface area (Å²) in [5, 5.41) is 19.8. The molecule has 0 aliphatic heterocycles. The summed E-state index contributed by atoms with van der Waals surface area (Å²) in [7, 11) is 1.68. The number of rotatable bonds is 8. The van der Waals surface area contributed by atoms with Gasteiger partial charge in [-0.25, -0.2) is 4.39 Å². The number of hydrogen-bond acceptors (Lipinski definition) is 5. The zero-order valence-corrected chi connectivity index (χ0v) is 29.5. The molecule has 5 rings (SSSR count). The van der Waals surface area contributed by atoms with Crippen LogP contribution in [0.15, 0.2) is 89.3 Å². The minimum Gasteiger partial charge on any atom is -0.612 e. The summed E-state index contributed by atoms with van der Waals surface area (Å²) in [6.45, 7) is 3.81. The number of aromatic nitrogens is 1. The number of nitrogens with zero attached hydrogens (tertiary/aromatic N) is 1. The van der Waals surface area contributed by atoms with Gasteiger partial charge in [-0.15, -0.1) is 0 Å². The van der Waals surface area contributed by atoms with Crippen molar-refractivity contribution >= 4 is 46.1 Å². The van der Waals surface area contributed by atoms with Gasteiger partial charge in [0.15, 0.2) is 4.90 Å². The van der Waals surface area contributed by atoms with Crippen LogP contribution in [0, 0.1) is 12.7 Å². The van der Waals surface area contributed by atoms with E-state index in [0.717, 1.165) is 32.7 Å². The quantitative estimate of drug-likeness (QED) is 0.162. The Morgan fingerprint density at radius 3 is 2.06 bits per heavy atom. The molecule has 0 saturated carbocycles. The standard InChI is InChI=1S/C20H17FO3S.C15H15NO3.Na.2H2O/c1-12-17(9-13-3-6-15(7-4-13)25(2)24)16-8-5-14(21)10-19(16)18(12)11-20(22)23;1-10-3-5-11(6-4-10)15(19)13-8-7-12(16(13)2)9-14(17)18;;;/h3-10H,11H2,1-2H3,(H,22,23);3-8H,9H2,1-2H3,(H,17,18);;2*1H2/q;;+1;;/p-1/b17-9-;;;;. The molecular formula is C35H35FNNaO8S. The Kier molecular flexibility index (Phi) is 15.7. The maximum absolute atomic E-state index is 13.7. The van der Waals surface area contributed by atoms with Crippen molar-refractivity contribution in [2.75, 3.05) is 6.26 Å². The van der Waals surface area contributed by atoms with Crippen molar-refractivity contribution in [2.45, 2.75) is 31.6 Å². The van der Waals surface area contributed by atoms with Crippen LogP contribution in [0.3, 0.4) is 0 Å². The molecule has 1 unspecified atom stereocenters. The Bertz CT molecular complexity index is 1800. The van der Waals surface area contributed by atoms with E-state index in [9.17, 15) is 28.4 Å². The number of ketones is 1. The van der Waals surface area contributed by atoms with Crippen molar-refractivity contribution < 1.29 is 74.0 Å². The molecule has 5 N–H and O–H groups in total. The first-order valence-corrected chi connectivity index (χ1v) is 15.2. The number of carboxylic acid groups (broad SMARTS) is 2. The minimum atomic E-state index is -1.16. The van der Waals surface area contributed by atoms with E-state index in [1.165, 1.54) is 12.1 Å². The van der Waals surface area contributed by atoms with E-state index in [-0.39, 0.29) is 65.0 Å². The van der Waals surface area contributed by atoms with Crippen LogP contribution in [0.25, 0.3) is 17.2 Å². The molecule has 3 aromatic carbocycles. The van der Waals surface area contributed by atoms with Crippen molar-refractivity contribution in [3.05, 3.63) is 129 Å². The van der Waals surface area contributed by atoms with Gasteiger partial charge in [0.1, 0.15) is 12.1 Å². The van der Waals surface area contributed by atoms with Crippen LogP contribution in [0.2, 0.25) is 0 Å². The van der Waals surface area contributed by atoms with Gasteiger partial charge in [-0.05, 0) is 113 Å². The van der Waals surface area contributed by atoms with Crippen LogP contribution in [0.1, 0.15) is 57.3 Å². The van der Waals surface area contributed by atoms with Gasteiger partial charge in [0, 0.05) is 30.7 Å². The molecule has 1 atom stereocenters.